The predicted molar refractivity (Wildman–Crippen MR) is 26.8 cm³/mol. The van der Waals surface area contributed by atoms with Crippen LogP contribution >= 0.6 is 0 Å². The second kappa shape index (κ2) is 1.24. The molecule has 0 aromatic heterocycles. The van der Waals surface area contributed by atoms with E-state index < -0.39 is 19.1 Å². The average molecular weight is 182 g/mol. The summed E-state index contributed by atoms with van der Waals surface area (Å²) in [7, 11) is 0. The third-order valence-corrected chi connectivity index (χ3v) is 3.93. The van der Waals surface area contributed by atoms with E-state index in [1.165, 1.54) is 0 Å². The van der Waals surface area contributed by atoms with Gasteiger partial charge in [0, 0.05) is 0 Å². The minimum atomic E-state index is -0.506. The van der Waals surface area contributed by atoms with Crippen LogP contribution in [0.2, 0.25) is 4.97 Å². The maximum atomic E-state index is 2.34. The van der Waals surface area contributed by atoms with Crippen LogP contribution in [0, 0.1) is 0 Å². The Kier molecular flexibility index (Phi) is 0.890. The fourth-order valence-electron chi connectivity index (χ4n) is 0.236. The van der Waals surface area contributed by atoms with E-state index in [9.17, 15) is 0 Å². The van der Waals surface area contributed by atoms with Crippen molar-refractivity contribution in [2.75, 3.05) is 0 Å². The van der Waals surface area contributed by atoms with Crippen LogP contribution in [0.25, 0.3) is 0 Å². The Labute approximate surface area is 38.6 Å². The quantitative estimate of drug-likeness (QED) is 0.481. The van der Waals surface area contributed by atoms with Crippen molar-refractivity contribution in [2.24, 2.45) is 0 Å². The van der Waals surface area contributed by atoms with Gasteiger partial charge in [0.05, 0.1) is 0 Å². The van der Waals surface area contributed by atoms with Gasteiger partial charge in [0.25, 0.3) is 0 Å². The first-order valence-electron chi connectivity index (χ1n) is 1.55. The van der Waals surface area contributed by atoms with Gasteiger partial charge in [-0.25, -0.2) is 0 Å². The Bertz CT molecular complexity index is 89.8. The Morgan fingerprint density at radius 1 is 1.60 bits per heavy atom. The molecule has 0 saturated carbocycles. The molecule has 0 atom stereocenters. The van der Waals surface area contributed by atoms with Crippen LogP contribution in [0.15, 0.2) is 10.2 Å². The maximum absolute atomic E-state index is 2.34. The summed E-state index contributed by atoms with van der Waals surface area (Å²) in [5.41, 5.74) is 0. The zero-order valence-electron chi connectivity index (χ0n) is 3.14. The van der Waals surface area contributed by atoms with Gasteiger partial charge in [-0.15, -0.1) is 0 Å². The molecule has 1 aliphatic heterocycles. The summed E-state index contributed by atoms with van der Waals surface area (Å²) in [4.78, 5) is 2.34. The van der Waals surface area contributed by atoms with Crippen molar-refractivity contribution in [3.63, 3.8) is 0 Å². The molecule has 0 fully saturated rings. The second-order valence-corrected chi connectivity index (χ2v) is 6.09. The average Bonchev–Trinajstić information content (AvgIpc) is 1.30. The molecule has 1 aliphatic rings. The molecule has 0 amide bonds. The van der Waals surface area contributed by atoms with E-state index in [2.05, 4.69) is 19.2 Å². The molecule has 5 heavy (non-hydrogen) atoms. The molecule has 0 saturated heterocycles. The van der Waals surface area contributed by atoms with Gasteiger partial charge in [0.2, 0.25) is 0 Å². The molecule has 0 bridgehead atoms. The molecule has 0 radical (unpaired) electrons. The first-order chi connectivity index (χ1) is 2.39. The van der Waals surface area contributed by atoms with E-state index in [-0.39, 0.29) is 0 Å². The van der Waals surface area contributed by atoms with Crippen molar-refractivity contribution in [3.05, 3.63) is 10.2 Å². The summed E-state index contributed by atoms with van der Waals surface area (Å²) in [6, 6.07) is 0. The molecule has 0 aliphatic carbocycles. The Morgan fingerprint density at radius 2 is 2.00 bits per heavy atom. The van der Waals surface area contributed by atoms with Crippen molar-refractivity contribution in [3.8, 4) is 0 Å². The normalized spacial score (nSPS) is 21.0. The molecule has 0 aromatic carbocycles. The summed E-state index contributed by atoms with van der Waals surface area (Å²) in [5.74, 6) is 0. The molecular weight excluding hydrogens is 176 g/mol. The molecule has 28 valence electrons. The van der Waals surface area contributed by atoms with E-state index in [1.807, 2.05) is 0 Å². The fraction of sp³-hybridized carbons (Fsp3) is 0.250. The van der Waals surface area contributed by atoms with Gasteiger partial charge in [-0.05, 0) is 0 Å². The van der Waals surface area contributed by atoms with Crippen molar-refractivity contribution in [1.82, 2.24) is 0 Å². The first-order valence-corrected chi connectivity index (χ1v) is 6.57. The van der Waals surface area contributed by atoms with Gasteiger partial charge < -0.3 is 0 Å². The van der Waals surface area contributed by atoms with E-state index in [1.54, 1.807) is 0 Å². The van der Waals surface area contributed by atoms with E-state index in [0.29, 0.717) is 0 Å². The van der Waals surface area contributed by atoms with E-state index in [0.717, 1.165) is 0 Å². The monoisotopic (exact) mass is 184 g/mol. The first kappa shape index (κ1) is 3.58. The van der Waals surface area contributed by atoms with Crippen LogP contribution in [-0.4, -0.2) is 23.1 Å². The third kappa shape index (κ3) is 0.619. The van der Waals surface area contributed by atoms with E-state index in [4.69, 9.17) is 0 Å². The number of hydrogen-bond acceptors (Lipinski definition) is 0. The second-order valence-electron chi connectivity index (χ2n) is 1.07. The molecule has 0 N–H and O–H groups in total. The van der Waals surface area contributed by atoms with Crippen LogP contribution in [-0.2, 0) is 0 Å². The van der Waals surface area contributed by atoms with Crippen molar-refractivity contribution in [1.29, 1.82) is 0 Å². The van der Waals surface area contributed by atoms with Crippen LogP contribution in [0.3, 0.4) is 0 Å². The van der Waals surface area contributed by atoms with Crippen molar-refractivity contribution < 1.29 is 0 Å². The summed E-state index contributed by atoms with van der Waals surface area (Å²) < 4.78 is 4.67. The van der Waals surface area contributed by atoms with E-state index >= 15 is 0 Å². The zero-order valence-corrected chi connectivity index (χ0v) is 5.47. The van der Waals surface area contributed by atoms with Gasteiger partial charge >= 0.3 is 38.3 Å². The summed E-state index contributed by atoms with van der Waals surface area (Å²) in [5, 5.41) is 0. The summed E-state index contributed by atoms with van der Waals surface area (Å²) in [6.07, 6.45) is 2.15. The van der Waals surface area contributed by atoms with Crippen molar-refractivity contribution in [2.45, 2.75) is 4.97 Å². The van der Waals surface area contributed by atoms with Gasteiger partial charge in [-0.1, -0.05) is 0 Å². The Morgan fingerprint density at radius 3 is 2.00 bits per heavy atom. The topological polar surface area (TPSA) is 0 Å². The molecule has 0 nitrogen and oxygen atoms in total. The van der Waals surface area contributed by atoms with Crippen molar-refractivity contribution >= 4 is 23.1 Å². The molecule has 1 heterocycles. The minimum absolute atomic E-state index is 0.506. The SMILES string of the molecule is C[Te]1=CC=C1. The third-order valence-electron chi connectivity index (χ3n) is 0.586. The predicted octanol–water partition coefficient (Wildman–Crippen LogP) is 0.604. The molecule has 0 spiro atoms. The fourth-order valence-corrected chi connectivity index (χ4v) is 1.58. The molecule has 1 rings (SSSR count). The Balaban J connectivity index is 2.60. The zero-order chi connectivity index (χ0) is 3.70. The molecule has 0 unspecified atom stereocenters. The molecule has 1 heteroatoms. The van der Waals surface area contributed by atoms with Crippen LogP contribution in [0.1, 0.15) is 0 Å². The number of hydrogen-bond donors (Lipinski definition) is 0. The molecule has 0 aromatic rings. The molecular formula is C4H6Te. The standard InChI is InChI=1S/C4H6Te/c1-5-3-2-4-5/h2-4H,1H3. The van der Waals surface area contributed by atoms with Crippen LogP contribution in [0.4, 0.5) is 0 Å². The van der Waals surface area contributed by atoms with Crippen LogP contribution in [0.5, 0.6) is 0 Å². The van der Waals surface area contributed by atoms with Gasteiger partial charge in [-0.2, -0.15) is 0 Å². The number of rotatable bonds is 0. The van der Waals surface area contributed by atoms with Gasteiger partial charge in [0.1, 0.15) is 0 Å². The van der Waals surface area contributed by atoms with Gasteiger partial charge in [-0.3, -0.25) is 0 Å². The number of allylic oxidation sites excluding steroid dienone is 1. The summed E-state index contributed by atoms with van der Waals surface area (Å²) >= 11 is -0.506. The van der Waals surface area contributed by atoms with Gasteiger partial charge in [0.15, 0.2) is 0 Å². The van der Waals surface area contributed by atoms with Crippen LogP contribution < -0.4 is 0 Å². The Hall–Kier alpha value is 0.400. The summed E-state index contributed by atoms with van der Waals surface area (Å²) in [6.45, 7) is 0.